The summed E-state index contributed by atoms with van der Waals surface area (Å²) in [7, 11) is 0. The van der Waals surface area contributed by atoms with Crippen LogP contribution in [0.3, 0.4) is 0 Å². The molecule has 0 saturated heterocycles. The average Bonchev–Trinajstić information content (AvgIpc) is 2.16. The van der Waals surface area contributed by atoms with Gasteiger partial charge in [0.1, 0.15) is 0 Å². The van der Waals surface area contributed by atoms with Crippen molar-refractivity contribution in [3.63, 3.8) is 0 Å². The first-order chi connectivity index (χ1) is 6.31. The van der Waals surface area contributed by atoms with Crippen LogP contribution in [0.5, 0.6) is 0 Å². The van der Waals surface area contributed by atoms with Crippen molar-refractivity contribution in [1.82, 2.24) is 5.32 Å². The molecule has 0 aromatic rings. The third-order valence-electron chi connectivity index (χ3n) is 2.08. The molecule has 0 spiro atoms. The van der Waals surface area contributed by atoms with Crippen molar-refractivity contribution >= 4 is 23.5 Å². The van der Waals surface area contributed by atoms with E-state index in [4.69, 9.17) is 0 Å². The lowest BCUT2D eigenvalue weighted by Gasteiger charge is -2.08. The largest absolute Gasteiger partial charge is 0.317 e. The fraction of sp³-hybridized carbons (Fsp3) is 1.00. The van der Waals surface area contributed by atoms with Gasteiger partial charge in [-0.1, -0.05) is 6.92 Å². The molecule has 1 atom stereocenters. The molecule has 1 nitrogen and oxygen atoms in total. The zero-order chi connectivity index (χ0) is 9.94. The molecule has 0 rings (SSSR count). The molecule has 3 heteroatoms. The molecule has 80 valence electrons. The smallest absolute Gasteiger partial charge is 0.00280 e. The normalized spacial score (nSPS) is 13.2. The molecule has 0 aliphatic carbocycles. The van der Waals surface area contributed by atoms with Crippen molar-refractivity contribution in [3.05, 3.63) is 0 Å². The Morgan fingerprint density at radius 1 is 1.15 bits per heavy atom. The Balaban J connectivity index is 2.91. The van der Waals surface area contributed by atoms with Crippen molar-refractivity contribution in [2.45, 2.75) is 31.4 Å². The van der Waals surface area contributed by atoms with E-state index in [1.165, 1.54) is 38.1 Å². The van der Waals surface area contributed by atoms with E-state index in [0.717, 1.165) is 5.25 Å². The van der Waals surface area contributed by atoms with Crippen LogP contribution < -0.4 is 5.32 Å². The summed E-state index contributed by atoms with van der Waals surface area (Å²) in [6, 6.07) is 0. The number of rotatable bonds is 9. The van der Waals surface area contributed by atoms with E-state index in [2.05, 4.69) is 24.8 Å². The monoisotopic (exact) mass is 221 g/mol. The molecule has 0 aliphatic heterocycles. The van der Waals surface area contributed by atoms with Gasteiger partial charge in [-0.15, -0.1) is 0 Å². The van der Waals surface area contributed by atoms with Crippen molar-refractivity contribution in [2.24, 2.45) is 0 Å². The van der Waals surface area contributed by atoms with Gasteiger partial charge in [-0.25, -0.2) is 0 Å². The van der Waals surface area contributed by atoms with Crippen molar-refractivity contribution in [3.8, 4) is 0 Å². The molecule has 0 fully saturated rings. The van der Waals surface area contributed by atoms with E-state index in [0.29, 0.717) is 0 Å². The van der Waals surface area contributed by atoms with Gasteiger partial charge >= 0.3 is 0 Å². The Kier molecular flexibility index (Phi) is 11.3. The van der Waals surface area contributed by atoms with Gasteiger partial charge in [0, 0.05) is 5.25 Å². The van der Waals surface area contributed by atoms with Crippen LogP contribution >= 0.6 is 23.5 Å². The molecule has 1 N–H and O–H groups in total. The Labute approximate surface area is 91.8 Å². The van der Waals surface area contributed by atoms with Crippen molar-refractivity contribution in [2.75, 3.05) is 31.4 Å². The summed E-state index contributed by atoms with van der Waals surface area (Å²) in [5.41, 5.74) is 0. The Hall–Kier alpha value is 0.660. The van der Waals surface area contributed by atoms with Gasteiger partial charge in [0.05, 0.1) is 0 Å². The van der Waals surface area contributed by atoms with Gasteiger partial charge < -0.3 is 5.32 Å². The van der Waals surface area contributed by atoms with Crippen LogP contribution in [0, 0.1) is 0 Å². The number of unbranched alkanes of at least 4 members (excludes halogenated alkanes) is 1. The fourth-order valence-electron chi connectivity index (χ4n) is 1.04. The highest BCUT2D eigenvalue weighted by atomic mass is 32.2. The van der Waals surface area contributed by atoms with Gasteiger partial charge in [0.15, 0.2) is 0 Å². The maximum atomic E-state index is 3.49. The summed E-state index contributed by atoms with van der Waals surface area (Å²) in [5, 5.41) is 4.29. The molecule has 0 bridgehead atoms. The lowest BCUT2D eigenvalue weighted by atomic mass is 10.3. The highest BCUT2D eigenvalue weighted by Gasteiger charge is 1.97. The second kappa shape index (κ2) is 10.7. The number of thioether (sulfide) groups is 2. The molecular formula is C10H23NS2. The van der Waals surface area contributed by atoms with Crippen molar-refractivity contribution < 1.29 is 0 Å². The minimum absolute atomic E-state index is 0.804. The van der Waals surface area contributed by atoms with Crippen LogP contribution in [0.15, 0.2) is 0 Å². The first kappa shape index (κ1) is 13.7. The SMILES string of the molecule is CSCCCCNCCC(C)SC. The Morgan fingerprint density at radius 2 is 1.92 bits per heavy atom. The summed E-state index contributed by atoms with van der Waals surface area (Å²) in [4.78, 5) is 0. The van der Waals surface area contributed by atoms with Crippen molar-refractivity contribution in [1.29, 1.82) is 0 Å². The Bertz CT molecular complexity index is 98.9. The van der Waals surface area contributed by atoms with E-state index >= 15 is 0 Å². The molecule has 0 aromatic carbocycles. The lowest BCUT2D eigenvalue weighted by molar-refractivity contribution is 0.618. The number of hydrogen-bond donors (Lipinski definition) is 1. The van der Waals surface area contributed by atoms with Crippen LogP contribution in [-0.2, 0) is 0 Å². The molecule has 0 heterocycles. The first-order valence-electron chi connectivity index (χ1n) is 5.03. The van der Waals surface area contributed by atoms with E-state index in [9.17, 15) is 0 Å². The van der Waals surface area contributed by atoms with E-state index < -0.39 is 0 Å². The summed E-state index contributed by atoms with van der Waals surface area (Å²) in [6.45, 7) is 4.67. The minimum Gasteiger partial charge on any atom is -0.317 e. The van der Waals surface area contributed by atoms with Gasteiger partial charge in [-0.3, -0.25) is 0 Å². The molecule has 1 unspecified atom stereocenters. The van der Waals surface area contributed by atoms with Gasteiger partial charge in [0.2, 0.25) is 0 Å². The third-order valence-corrected chi connectivity index (χ3v) is 3.82. The second-order valence-electron chi connectivity index (χ2n) is 3.28. The predicted molar refractivity (Wildman–Crippen MR) is 68.1 cm³/mol. The summed E-state index contributed by atoms with van der Waals surface area (Å²) >= 11 is 3.90. The van der Waals surface area contributed by atoms with Crippen LogP contribution in [0.1, 0.15) is 26.2 Å². The fourth-order valence-corrected chi connectivity index (χ4v) is 1.89. The summed E-state index contributed by atoms with van der Waals surface area (Å²) in [5.74, 6) is 1.31. The zero-order valence-corrected chi connectivity index (χ0v) is 10.8. The molecule has 0 amide bonds. The topological polar surface area (TPSA) is 12.0 Å². The highest BCUT2D eigenvalue weighted by Crippen LogP contribution is 2.07. The zero-order valence-electron chi connectivity index (χ0n) is 9.14. The lowest BCUT2D eigenvalue weighted by Crippen LogP contribution is -2.19. The average molecular weight is 221 g/mol. The molecule has 0 aromatic heterocycles. The standard InChI is InChI=1S/C10H23NS2/c1-10(13-3)6-8-11-7-4-5-9-12-2/h10-11H,4-9H2,1-3H3. The van der Waals surface area contributed by atoms with Gasteiger partial charge in [-0.05, 0) is 50.6 Å². The number of hydrogen-bond acceptors (Lipinski definition) is 3. The Morgan fingerprint density at radius 3 is 2.54 bits per heavy atom. The second-order valence-corrected chi connectivity index (χ2v) is 5.55. The first-order valence-corrected chi connectivity index (χ1v) is 7.72. The molecule has 0 aliphatic rings. The van der Waals surface area contributed by atoms with Gasteiger partial charge in [0.25, 0.3) is 0 Å². The minimum atomic E-state index is 0.804. The van der Waals surface area contributed by atoms with E-state index in [-0.39, 0.29) is 0 Å². The predicted octanol–water partition coefficient (Wildman–Crippen LogP) is 2.86. The van der Waals surface area contributed by atoms with Crippen LogP contribution in [0.2, 0.25) is 0 Å². The molecular weight excluding hydrogens is 198 g/mol. The maximum absolute atomic E-state index is 3.49. The van der Waals surface area contributed by atoms with Crippen LogP contribution in [0.4, 0.5) is 0 Å². The van der Waals surface area contributed by atoms with E-state index in [1.807, 2.05) is 23.5 Å². The van der Waals surface area contributed by atoms with E-state index in [1.54, 1.807) is 0 Å². The summed E-state index contributed by atoms with van der Waals surface area (Å²) < 4.78 is 0. The summed E-state index contributed by atoms with van der Waals surface area (Å²) in [6.07, 6.45) is 8.33. The third kappa shape index (κ3) is 10.6. The number of nitrogens with one attached hydrogen (secondary N) is 1. The van der Waals surface area contributed by atoms with Gasteiger partial charge in [-0.2, -0.15) is 23.5 Å². The highest BCUT2D eigenvalue weighted by molar-refractivity contribution is 7.99. The molecule has 0 radical (unpaired) electrons. The maximum Gasteiger partial charge on any atom is 0.00280 e. The molecule has 13 heavy (non-hydrogen) atoms. The molecule has 0 saturated carbocycles. The quantitative estimate of drug-likeness (QED) is 0.601. The van der Waals surface area contributed by atoms with Crippen LogP contribution in [0.25, 0.3) is 0 Å². The van der Waals surface area contributed by atoms with Crippen LogP contribution in [-0.4, -0.2) is 36.6 Å².